The second kappa shape index (κ2) is 15.7. The number of amides is 1. The first-order valence-corrected chi connectivity index (χ1v) is 19.5. The fourth-order valence-electron chi connectivity index (χ4n) is 9.56. The van der Waals surface area contributed by atoms with E-state index in [1.54, 1.807) is 36.4 Å². The van der Waals surface area contributed by atoms with Gasteiger partial charge in [0.05, 0.1) is 42.3 Å². The number of carbonyl (C=O) groups is 5. The number of esters is 3. The summed E-state index contributed by atoms with van der Waals surface area (Å²) in [5.41, 5.74) is -8.74. The van der Waals surface area contributed by atoms with Crippen LogP contribution in [-0.4, -0.2) is 122 Å². The summed E-state index contributed by atoms with van der Waals surface area (Å²) in [6.07, 6.45) is -11.8. The molecule has 0 aromatic heterocycles. The lowest BCUT2D eigenvalue weighted by molar-refractivity contribution is -0.346. The Kier molecular flexibility index (Phi) is 11.7. The molecule has 0 unspecified atom stereocenters. The van der Waals surface area contributed by atoms with E-state index in [-0.39, 0.29) is 35.3 Å². The van der Waals surface area contributed by atoms with E-state index >= 15 is 0 Å². The first kappa shape index (κ1) is 43.9. The molecule has 2 aromatic carbocycles. The Labute approximate surface area is 341 Å². The maximum absolute atomic E-state index is 15.0. The van der Waals surface area contributed by atoms with Crippen molar-refractivity contribution < 1.29 is 73.2 Å². The van der Waals surface area contributed by atoms with E-state index in [1.807, 2.05) is 0 Å². The number of hydrogen-bond acceptors (Lipinski definition) is 15. The van der Waals surface area contributed by atoms with Gasteiger partial charge >= 0.3 is 24.0 Å². The zero-order chi connectivity index (χ0) is 43.5. The molecule has 4 aliphatic rings. The molecule has 3 aliphatic carbocycles. The largest absolute Gasteiger partial charge is 0.456 e. The number of carbonyl (C=O) groups excluding carboxylic acids is 5. The highest BCUT2D eigenvalue weighted by Crippen LogP contribution is 2.64. The molecule has 16 heteroatoms. The quantitative estimate of drug-likeness (QED) is 0.114. The number of fused-ring (bicyclic) bond motifs is 5. The predicted octanol–water partition coefficient (Wildman–Crippen LogP) is 2.23. The molecule has 11 atom stereocenters. The highest BCUT2D eigenvalue weighted by molar-refractivity contribution is 5.94. The normalized spacial score (nSPS) is 33.3. The molecule has 0 radical (unpaired) electrons. The molecular formula is C43H53NO15. The van der Waals surface area contributed by atoms with E-state index in [2.05, 4.69) is 5.32 Å². The van der Waals surface area contributed by atoms with Gasteiger partial charge in [0, 0.05) is 25.2 Å². The van der Waals surface area contributed by atoms with Crippen LogP contribution in [0.2, 0.25) is 0 Å². The van der Waals surface area contributed by atoms with Crippen molar-refractivity contribution in [3.8, 4) is 0 Å². The zero-order valence-corrected chi connectivity index (χ0v) is 34.0. The van der Waals surface area contributed by atoms with Gasteiger partial charge in [-0.15, -0.1) is 0 Å². The van der Waals surface area contributed by atoms with Crippen LogP contribution < -0.4 is 5.32 Å². The second-order valence-electron chi connectivity index (χ2n) is 17.4. The molecule has 6 N–H and O–H groups in total. The van der Waals surface area contributed by atoms with Crippen molar-refractivity contribution >= 4 is 29.8 Å². The summed E-state index contributed by atoms with van der Waals surface area (Å²) in [5.74, 6) is -5.47. The smallest absolute Gasteiger partial charge is 0.408 e. The molecule has 1 saturated heterocycles. The second-order valence-corrected chi connectivity index (χ2v) is 17.4. The van der Waals surface area contributed by atoms with Crippen LogP contribution in [0.3, 0.4) is 0 Å². The van der Waals surface area contributed by atoms with E-state index in [0.29, 0.717) is 0 Å². The van der Waals surface area contributed by atoms with Gasteiger partial charge < -0.3 is 54.5 Å². The van der Waals surface area contributed by atoms with Crippen LogP contribution in [0, 0.1) is 16.7 Å². The summed E-state index contributed by atoms with van der Waals surface area (Å²) < 4.78 is 29.4. The Hall–Kier alpha value is -4.71. The number of aliphatic hydroxyl groups is 5. The van der Waals surface area contributed by atoms with Crippen LogP contribution in [0.25, 0.3) is 0 Å². The number of alkyl carbamates (subject to hydrolysis) is 1. The Morgan fingerprint density at radius 3 is 2.15 bits per heavy atom. The van der Waals surface area contributed by atoms with Gasteiger partial charge in [-0.3, -0.25) is 9.59 Å². The summed E-state index contributed by atoms with van der Waals surface area (Å²) in [5, 5.41) is 61.1. The Morgan fingerprint density at radius 1 is 0.983 bits per heavy atom. The molecule has 2 aromatic rings. The number of Topliss-reactive ketones (excluding diaryl/α,β-unsaturated/α-hetero) is 1. The van der Waals surface area contributed by atoms with Crippen LogP contribution in [0.5, 0.6) is 0 Å². The van der Waals surface area contributed by atoms with Gasteiger partial charge in [-0.2, -0.15) is 0 Å². The van der Waals surface area contributed by atoms with Crippen LogP contribution in [-0.2, 0) is 38.1 Å². The van der Waals surface area contributed by atoms with E-state index in [4.69, 9.17) is 23.7 Å². The summed E-state index contributed by atoms with van der Waals surface area (Å²) >= 11 is 0. The maximum atomic E-state index is 15.0. The lowest BCUT2D eigenvalue weighted by Crippen LogP contribution is -2.81. The fourth-order valence-corrected chi connectivity index (χ4v) is 9.56. The highest BCUT2D eigenvalue weighted by Gasteiger charge is 2.78. The number of aliphatic hydroxyl groups excluding tert-OH is 4. The molecule has 3 fully saturated rings. The van der Waals surface area contributed by atoms with E-state index in [1.165, 1.54) is 65.8 Å². The summed E-state index contributed by atoms with van der Waals surface area (Å²) in [4.78, 5) is 69.0. The molecule has 59 heavy (non-hydrogen) atoms. The monoisotopic (exact) mass is 823 g/mol. The van der Waals surface area contributed by atoms with Crippen molar-refractivity contribution in [2.45, 2.75) is 121 Å². The molecule has 1 aliphatic heterocycles. The SMILES string of the molecule is CC(=O)O[C@]12CO[C@@H]1C[C@H](O)[C@]1(C)C(=O)[C@H](O)C3=C(C)[C@H](OC(=O)[C@H](O)[C@H](NC(=O)OC(C)(C)CO)c4ccccc4)C[C@@](O)([C@@H](OC(=O)c4ccccc4)[C@@H]21)C3(C)C. The number of hydrogen-bond donors (Lipinski definition) is 6. The van der Waals surface area contributed by atoms with Gasteiger partial charge in [-0.25, -0.2) is 14.4 Å². The first-order valence-electron chi connectivity index (χ1n) is 19.5. The third kappa shape index (κ3) is 7.33. The Morgan fingerprint density at radius 2 is 1.59 bits per heavy atom. The number of nitrogens with one attached hydrogen (secondary N) is 1. The number of ketones is 1. The van der Waals surface area contributed by atoms with Crippen molar-refractivity contribution in [2.24, 2.45) is 16.7 Å². The minimum Gasteiger partial charge on any atom is -0.456 e. The summed E-state index contributed by atoms with van der Waals surface area (Å²) in [7, 11) is 0. The molecule has 2 saturated carbocycles. The minimum absolute atomic E-state index is 0.0672. The maximum Gasteiger partial charge on any atom is 0.408 e. The third-order valence-corrected chi connectivity index (χ3v) is 12.9. The predicted molar refractivity (Wildman–Crippen MR) is 205 cm³/mol. The van der Waals surface area contributed by atoms with Gasteiger partial charge in [0.2, 0.25) is 0 Å². The van der Waals surface area contributed by atoms with Crippen molar-refractivity contribution in [1.82, 2.24) is 5.32 Å². The van der Waals surface area contributed by atoms with E-state index in [9.17, 15) is 49.5 Å². The fraction of sp³-hybridized carbons (Fsp3) is 0.558. The average molecular weight is 824 g/mol. The molecule has 6 rings (SSSR count). The first-order chi connectivity index (χ1) is 27.6. The van der Waals surface area contributed by atoms with Gasteiger partial charge in [0.15, 0.2) is 17.5 Å². The third-order valence-electron chi connectivity index (χ3n) is 12.9. The van der Waals surface area contributed by atoms with Gasteiger partial charge in [-0.05, 0) is 56.5 Å². The number of rotatable bonds is 10. The van der Waals surface area contributed by atoms with E-state index < -0.39 is 119 Å². The lowest BCUT2D eigenvalue weighted by Gasteiger charge is -2.67. The molecule has 16 nitrogen and oxygen atoms in total. The van der Waals surface area contributed by atoms with Crippen molar-refractivity contribution in [3.63, 3.8) is 0 Å². The van der Waals surface area contributed by atoms with Crippen LogP contribution >= 0.6 is 0 Å². The Balaban J connectivity index is 1.48. The van der Waals surface area contributed by atoms with Crippen molar-refractivity contribution in [2.75, 3.05) is 13.2 Å². The lowest BCUT2D eigenvalue weighted by atomic mass is 9.44. The summed E-state index contributed by atoms with van der Waals surface area (Å²) in [6.45, 7) is 9.14. The summed E-state index contributed by atoms with van der Waals surface area (Å²) in [6, 6.07) is 14.3. The minimum atomic E-state index is -2.38. The molecule has 1 amide bonds. The molecule has 2 bridgehead atoms. The van der Waals surface area contributed by atoms with Crippen molar-refractivity contribution in [1.29, 1.82) is 0 Å². The number of ether oxygens (including phenoxy) is 5. The molecular weight excluding hydrogens is 770 g/mol. The van der Waals surface area contributed by atoms with Gasteiger partial charge in [0.25, 0.3) is 0 Å². The van der Waals surface area contributed by atoms with E-state index in [0.717, 1.165) is 6.92 Å². The topological polar surface area (TPSA) is 245 Å². The van der Waals surface area contributed by atoms with Crippen molar-refractivity contribution in [3.05, 3.63) is 82.9 Å². The zero-order valence-electron chi connectivity index (χ0n) is 34.0. The molecule has 1 heterocycles. The average Bonchev–Trinajstić information content (AvgIpc) is 3.18. The van der Waals surface area contributed by atoms with Gasteiger partial charge in [-0.1, -0.05) is 62.4 Å². The molecule has 320 valence electrons. The van der Waals surface area contributed by atoms with Crippen LogP contribution in [0.15, 0.2) is 71.8 Å². The van der Waals surface area contributed by atoms with Crippen LogP contribution in [0.1, 0.15) is 83.3 Å². The molecule has 0 spiro atoms. The van der Waals surface area contributed by atoms with Gasteiger partial charge in [0.1, 0.15) is 35.6 Å². The Bertz CT molecular complexity index is 2000. The van der Waals surface area contributed by atoms with Crippen LogP contribution in [0.4, 0.5) is 4.79 Å². The highest BCUT2D eigenvalue weighted by atomic mass is 16.6. The standard InChI is InChI=1S/C43H53NO15/c1-22-26(56-37(52)32(49)30(24-14-10-8-11-15-24)44-38(53)59-39(3,4)20-45)19-43(54)35(57-36(51)25-16-12-9-13-17-25)33-41(7,34(50)31(48)29(22)40(43,5)6)27(47)18-28-42(33,21-55-28)58-23(2)46/h8-17,26-28,30-33,35,45,47-49,54H,18-21H2,1-7H3,(H,44,53)/t26-,27+,28-,30-,31-,32-,33-,35+,41+,42-,43-/m1/s1. The number of benzene rings is 2.